The average Bonchev–Trinajstić information content (AvgIpc) is 2.59. The summed E-state index contributed by atoms with van der Waals surface area (Å²) in [7, 11) is 0. The van der Waals surface area contributed by atoms with E-state index in [1.807, 2.05) is 0 Å². The van der Waals surface area contributed by atoms with Gasteiger partial charge in [-0.2, -0.15) is 0 Å². The average molecular weight is 181 g/mol. The zero-order valence-electron chi connectivity index (χ0n) is 7.90. The summed E-state index contributed by atoms with van der Waals surface area (Å²) >= 11 is 0. The second-order valence-corrected chi connectivity index (χ2v) is 3.58. The molecule has 1 aromatic rings. The predicted octanol–water partition coefficient (Wildman–Crippen LogP) is 0.395. The predicted molar refractivity (Wildman–Crippen MR) is 48.3 cm³/mol. The van der Waals surface area contributed by atoms with Gasteiger partial charge in [0.15, 0.2) is 0 Å². The maximum absolute atomic E-state index is 9.02. The SMILES string of the molecule is CCc1nnc2n1CCC(CO)C2. The molecule has 4 heteroatoms. The first-order chi connectivity index (χ1) is 6.35. The zero-order valence-corrected chi connectivity index (χ0v) is 7.90. The highest BCUT2D eigenvalue weighted by Crippen LogP contribution is 2.19. The van der Waals surface area contributed by atoms with E-state index in [4.69, 9.17) is 5.11 Å². The molecule has 2 rings (SSSR count). The van der Waals surface area contributed by atoms with Gasteiger partial charge < -0.3 is 9.67 Å². The van der Waals surface area contributed by atoms with E-state index in [0.29, 0.717) is 5.92 Å². The molecule has 0 amide bonds. The molecule has 0 aliphatic carbocycles. The molecule has 0 bridgehead atoms. The highest BCUT2D eigenvalue weighted by molar-refractivity contribution is 5.00. The van der Waals surface area contributed by atoms with Gasteiger partial charge in [0.1, 0.15) is 11.6 Å². The molecule has 0 aromatic carbocycles. The minimum absolute atomic E-state index is 0.272. The molecular weight excluding hydrogens is 166 g/mol. The Balaban J connectivity index is 2.22. The molecule has 0 spiro atoms. The maximum atomic E-state index is 9.02. The number of aryl methyl sites for hydroxylation is 1. The second kappa shape index (κ2) is 3.46. The van der Waals surface area contributed by atoms with Crippen LogP contribution in [-0.2, 0) is 19.4 Å². The summed E-state index contributed by atoms with van der Waals surface area (Å²) in [5.41, 5.74) is 0. The van der Waals surface area contributed by atoms with Crippen LogP contribution in [0, 0.1) is 5.92 Å². The van der Waals surface area contributed by atoms with Crippen LogP contribution in [0.1, 0.15) is 25.0 Å². The number of aromatic nitrogens is 3. The third kappa shape index (κ3) is 1.46. The summed E-state index contributed by atoms with van der Waals surface area (Å²) in [5, 5.41) is 17.3. The van der Waals surface area contributed by atoms with Gasteiger partial charge in [-0.15, -0.1) is 10.2 Å². The van der Waals surface area contributed by atoms with E-state index in [0.717, 1.165) is 37.5 Å². The smallest absolute Gasteiger partial charge is 0.133 e. The highest BCUT2D eigenvalue weighted by Gasteiger charge is 2.21. The lowest BCUT2D eigenvalue weighted by molar-refractivity contribution is 0.198. The first kappa shape index (κ1) is 8.69. The normalized spacial score (nSPS) is 21.5. The summed E-state index contributed by atoms with van der Waals surface area (Å²) in [4.78, 5) is 0. The van der Waals surface area contributed by atoms with Crippen LogP contribution in [0.2, 0.25) is 0 Å². The Morgan fingerprint density at radius 1 is 1.54 bits per heavy atom. The third-order valence-corrected chi connectivity index (χ3v) is 2.71. The largest absolute Gasteiger partial charge is 0.396 e. The molecular formula is C9H15N3O. The minimum atomic E-state index is 0.272. The monoisotopic (exact) mass is 181 g/mol. The molecule has 1 atom stereocenters. The van der Waals surface area contributed by atoms with Crippen molar-refractivity contribution in [1.29, 1.82) is 0 Å². The maximum Gasteiger partial charge on any atom is 0.133 e. The van der Waals surface area contributed by atoms with Crippen molar-refractivity contribution in [2.45, 2.75) is 32.7 Å². The molecule has 0 saturated heterocycles. The fourth-order valence-electron chi connectivity index (χ4n) is 1.87. The van der Waals surface area contributed by atoms with E-state index in [1.165, 1.54) is 0 Å². The van der Waals surface area contributed by atoms with Crippen LogP contribution >= 0.6 is 0 Å². The summed E-state index contributed by atoms with van der Waals surface area (Å²) in [5.74, 6) is 2.51. The number of aliphatic hydroxyl groups is 1. The molecule has 0 radical (unpaired) electrons. The van der Waals surface area contributed by atoms with E-state index in [1.54, 1.807) is 0 Å². The highest BCUT2D eigenvalue weighted by atomic mass is 16.3. The summed E-state index contributed by atoms with van der Waals surface area (Å²) in [6.07, 6.45) is 2.87. The molecule has 2 heterocycles. The minimum Gasteiger partial charge on any atom is -0.396 e. The van der Waals surface area contributed by atoms with Gasteiger partial charge in [0.05, 0.1) is 0 Å². The van der Waals surface area contributed by atoms with E-state index < -0.39 is 0 Å². The summed E-state index contributed by atoms with van der Waals surface area (Å²) < 4.78 is 2.19. The quantitative estimate of drug-likeness (QED) is 0.718. The van der Waals surface area contributed by atoms with Gasteiger partial charge in [-0.1, -0.05) is 6.92 Å². The molecule has 4 nitrogen and oxygen atoms in total. The van der Waals surface area contributed by atoms with Crippen LogP contribution in [0.5, 0.6) is 0 Å². The van der Waals surface area contributed by atoms with Crippen LogP contribution in [0.15, 0.2) is 0 Å². The molecule has 72 valence electrons. The van der Waals surface area contributed by atoms with Crippen molar-refractivity contribution in [3.05, 3.63) is 11.6 Å². The van der Waals surface area contributed by atoms with Crippen molar-refractivity contribution in [1.82, 2.24) is 14.8 Å². The molecule has 1 N–H and O–H groups in total. The van der Waals surface area contributed by atoms with Crippen molar-refractivity contribution in [2.75, 3.05) is 6.61 Å². The van der Waals surface area contributed by atoms with Crippen LogP contribution in [0.25, 0.3) is 0 Å². The Labute approximate surface area is 77.6 Å². The molecule has 0 fully saturated rings. The first-order valence-electron chi connectivity index (χ1n) is 4.87. The molecule has 1 aromatic heterocycles. The van der Waals surface area contributed by atoms with Crippen molar-refractivity contribution in [3.8, 4) is 0 Å². The van der Waals surface area contributed by atoms with Gasteiger partial charge in [-0.25, -0.2) is 0 Å². The van der Waals surface area contributed by atoms with Crippen molar-refractivity contribution in [3.63, 3.8) is 0 Å². The molecule has 13 heavy (non-hydrogen) atoms. The number of rotatable bonds is 2. The summed E-state index contributed by atoms with van der Waals surface area (Å²) in [6.45, 7) is 3.33. The number of hydrogen-bond donors (Lipinski definition) is 1. The van der Waals surface area contributed by atoms with Crippen LogP contribution < -0.4 is 0 Å². The van der Waals surface area contributed by atoms with Crippen LogP contribution in [0.3, 0.4) is 0 Å². The fourth-order valence-corrected chi connectivity index (χ4v) is 1.87. The van der Waals surface area contributed by atoms with E-state index in [9.17, 15) is 0 Å². The number of hydrogen-bond acceptors (Lipinski definition) is 3. The molecule has 1 unspecified atom stereocenters. The lowest BCUT2D eigenvalue weighted by Crippen LogP contribution is -2.23. The Kier molecular flexibility index (Phi) is 2.31. The Bertz CT molecular complexity index is 295. The molecule has 1 aliphatic heterocycles. The van der Waals surface area contributed by atoms with Gasteiger partial charge in [0, 0.05) is 26.0 Å². The Morgan fingerprint density at radius 2 is 2.38 bits per heavy atom. The van der Waals surface area contributed by atoms with E-state index >= 15 is 0 Å². The van der Waals surface area contributed by atoms with Gasteiger partial charge >= 0.3 is 0 Å². The Hall–Kier alpha value is -0.900. The van der Waals surface area contributed by atoms with E-state index in [-0.39, 0.29) is 6.61 Å². The standard InChI is InChI=1S/C9H15N3O/c1-2-8-10-11-9-5-7(6-13)3-4-12(8)9/h7,13H,2-6H2,1H3. The van der Waals surface area contributed by atoms with Crippen LogP contribution in [0.4, 0.5) is 0 Å². The topological polar surface area (TPSA) is 50.9 Å². The fraction of sp³-hybridized carbons (Fsp3) is 0.778. The van der Waals surface area contributed by atoms with Gasteiger partial charge in [-0.3, -0.25) is 0 Å². The molecule has 1 aliphatic rings. The first-order valence-corrected chi connectivity index (χ1v) is 4.87. The zero-order chi connectivity index (χ0) is 9.26. The number of aliphatic hydroxyl groups excluding tert-OH is 1. The lowest BCUT2D eigenvalue weighted by Gasteiger charge is -2.21. The van der Waals surface area contributed by atoms with Gasteiger partial charge in [0.2, 0.25) is 0 Å². The second-order valence-electron chi connectivity index (χ2n) is 3.58. The van der Waals surface area contributed by atoms with E-state index in [2.05, 4.69) is 21.7 Å². The number of nitrogens with zero attached hydrogens (tertiary/aromatic N) is 3. The van der Waals surface area contributed by atoms with Crippen LogP contribution in [-0.4, -0.2) is 26.5 Å². The van der Waals surface area contributed by atoms with Crippen molar-refractivity contribution >= 4 is 0 Å². The third-order valence-electron chi connectivity index (χ3n) is 2.71. The lowest BCUT2D eigenvalue weighted by atomic mass is 9.99. The van der Waals surface area contributed by atoms with Gasteiger partial charge in [0.25, 0.3) is 0 Å². The van der Waals surface area contributed by atoms with Crippen molar-refractivity contribution < 1.29 is 5.11 Å². The summed E-state index contributed by atoms with van der Waals surface area (Å²) in [6, 6.07) is 0. The number of fused-ring (bicyclic) bond motifs is 1. The van der Waals surface area contributed by atoms with Crippen molar-refractivity contribution in [2.24, 2.45) is 5.92 Å². The van der Waals surface area contributed by atoms with Gasteiger partial charge in [-0.05, 0) is 12.3 Å². The Morgan fingerprint density at radius 3 is 3.08 bits per heavy atom. The molecule has 0 saturated carbocycles.